The lowest BCUT2D eigenvalue weighted by Gasteiger charge is -2.13. The molecule has 0 aromatic heterocycles. The molecule has 0 spiro atoms. The summed E-state index contributed by atoms with van der Waals surface area (Å²) < 4.78 is 10.3. The third-order valence-electron chi connectivity index (χ3n) is 2.75. The summed E-state index contributed by atoms with van der Waals surface area (Å²) in [5, 5.41) is 14.0. The summed E-state index contributed by atoms with van der Waals surface area (Å²) in [4.78, 5) is 11.8. The van der Waals surface area contributed by atoms with Gasteiger partial charge in [-0.1, -0.05) is 11.2 Å². The van der Waals surface area contributed by atoms with Gasteiger partial charge < -0.3 is 25.7 Å². The van der Waals surface area contributed by atoms with E-state index < -0.39 is 6.04 Å². The van der Waals surface area contributed by atoms with Gasteiger partial charge in [-0.15, -0.1) is 0 Å². The summed E-state index contributed by atoms with van der Waals surface area (Å²) in [6.45, 7) is 1.63. The van der Waals surface area contributed by atoms with Crippen molar-refractivity contribution >= 4 is 11.7 Å². The zero-order valence-corrected chi connectivity index (χ0v) is 11.7. The van der Waals surface area contributed by atoms with Crippen molar-refractivity contribution in [2.24, 2.45) is 10.9 Å². The van der Waals surface area contributed by atoms with Crippen LogP contribution >= 0.6 is 0 Å². The van der Waals surface area contributed by atoms with Gasteiger partial charge in [-0.25, -0.2) is 0 Å². The van der Waals surface area contributed by atoms with E-state index in [9.17, 15) is 4.79 Å². The van der Waals surface area contributed by atoms with Crippen molar-refractivity contribution in [2.45, 2.75) is 19.4 Å². The Bertz CT molecular complexity index is 502. The van der Waals surface area contributed by atoms with Crippen LogP contribution in [0.4, 0.5) is 0 Å². The zero-order valence-electron chi connectivity index (χ0n) is 11.7. The molecule has 0 fully saturated rings. The highest BCUT2D eigenvalue weighted by molar-refractivity contribution is 5.90. The fourth-order valence-corrected chi connectivity index (χ4v) is 1.63. The maximum atomic E-state index is 11.8. The Hall–Kier alpha value is -2.44. The Morgan fingerprint density at radius 1 is 1.40 bits per heavy atom. The van der Waals surface area contributed by atoms with Crippen molar-refractivity contribution in [2.75, 3.05) is 14.2 Å². The van der Waals surface area contributed by atoms with Crippen LogP contribution in [-0.2, 0) is 11.2 Å². The molecule has 1 unspecified atom stereocenters. The van der Waals surface area contributed by atoms with Gasteiger partial charge in [0.25, 0.3) is 0 Å². The number of benzene rings is 1. The zero-order chi connectivity index (χ0) is 15.1. The lowest BCUT2D eigenvalue weighted by molar-refractivity contribution is -0.120. The van der Waals surface area contributed by atoms with Gasteiger partial charge in [-0.3, -0.25) is 4.79 Å². The molecule has 0 radical (unpaired) electrons. The number of nitrogens with two attached hydrogens (primary N) is 1. The molecule has 7 heteroatoms. The van der Waals surface area contributed by atoms with Crippen molar-refractivity contribution in [3.05, 3.63) is 23.8 Å². The molecule has 0 aliphatic carbocycles. The third-order valence-corrected chi connectivity index (χ3v) is 2.75. The Balaban J connectivity index is 2.71. The number of rotatable bonds is 6. The van der Waals surface area contributed by atoms with E-state index in [0.717, 1.165) is 5.56 Å². The quantitative estimate of drug-likeness (QED) is 0.305. The van der Waals surface area contributed by atoms with E-state index in [0.29, 0.717) is 11.5 Å². The van der Waals surface area contributed by atoms with Crippen LogP contribution in [0, 0.1) is 0 Å². The molecule has 1 amide bonds. The first-order valence-corrected chi connectivity index (χ1v) is 5.99. The number of ether oxygens (including phenoxy) is 2. The van der Waals surface area contributed by atoms with E-state index in [2.05, 4.69) is 10.5 Å². The van der Waals surface area contributed by atoms with Crippen LogP contribution in [0.1, 0.15) is 12.5 Å². The molecule has 4 N–H and O–H groups in total. The minimum Gasteiger partial charge on any atom is -0.493 e. The highest BCUT2D eigenvalue weighted by atomic mass is 16.5. The maximum Gasteiger partial charge on any atom is 0.225 e. The second-order valence-corrected chi connectivity index (χ2v) is 4.18. The summed E-state index contributed by atoms with van der Waals surface area (Å²) in [7, 11) is 3.07. The van der Waals surface area contributed by atoms with Crippen LogP contribution in [0.25, 0.3) is 0 Å². The highest BCUT2D eigenvalue weighted by Gasteiger charge is 2.13. The predicted octanol–water partition coefficient (Wildman–Crippen LogP) is 0.497. The van der Waals surface area contributed by atoms with Gasteiger partial charge in [-0.2, -0.15) is 0 Å². The van der Waals surface area contributed by atoms with E-state index in [1.54, 1.807) is 32.2 Å². The molecule has 0 saturated heterocycles. The Labute approximate surface area is 117 Å². The molecule has 1 aromatic carbocycles. The average molecular weight is 281 g/mol. The molecule has 0 heterocycles. The molecule has 7 nitrogen and oxygen atoms in total. The number of nitrogens with zero attached hydrogens (tertiary/aromatic N) is 1. The smallest absolute Gasteiger partial charge is 0.225 e. The van der Waals surface area contributed by atoms with Gasteiger partial charge in [-0.05, 0) is 24.6 Å². The molecule has 0 aliphatic rings. The maximum absolute atomic E-state index is 11.8. The van der Waals surface area contributed by atoms with Crippen LogP contribution in [0.2, 0.25) is 0 Å². The Morgan fingerprint density at radius 3 is 2.60 bits per heavy atom. The fourth-order valence-electron chi connectivity index (χ4n) is 1.63. The first-order chi connectivity index (χ1) is 9.51. The molecule has 1 atom stereocenters. The molecule has 0 aliphatic heterocycles. The van der Waals surface area contributed by atoms with E-state index in [1.807, 2.05) is 0 Å². The van der Waals surface area contributed by atoms with Gasteiger partial charge in [0.05, 0.1) is 26.7 Å². The first kappa shape index (κ1) is 15.6. The Morgan fingerprint density at radius 2 is 2.05 bits per heavy atom. The largest absolute Gasteiger partial charge is 0.493 e. The van der Waals surface area contributed by atoms with Crippen LogP contribution in [0.5, 0.6) is 11.5 Å². The topological polar surface area (TPSA) is 106 Å². The van der Waals surface area contributed by atoms with Gasteiger partial charge in [0.2, 0.25) is 5.91 Å². The number of amidine groups is 1. The lowest BCUT2D eigenvalue weighted by Crippen LogP contribution is -2.43. The molecule has 20 heavy (non-hydrogen) atoms. The molecule has 0 bridgehead atoms. The number of methoxy groups -OCH3 is 2. The number of oxime groups is 1. The van der Waals surface area contributed by atoms with Crippen molar-refractivity contribution in [3.8, 4) is 11.5 Å². The van der Waals surface area contributed by atoms with E-state index in [4.69, 9.17) is 20.4 Å². The second-order valence-electron chi connectivity index (χ2n) is 4.18. The standard InChI is InChI=1S/C13H19N3O4/c1-8(13(14)16-18)15-12(17)7-9-4-5-10(19-2)11(6-9)20-3/h4-6,8,18H,7H2,1-3H3,(H2,14,16)(H,15,17). The van der Waals surface area contributed by atoms with Gasteiger partial charge in [0, 0.05) is 0 Å². The average Bonchev–Trinajstić information content (AvgIpc) is 2.45. The molecular weight excluding hydrogens is 262 g/mol. The third kappa shape index (κ3) is 4.04. The van der Waals surface area contributed by atoms with E-state index in [-0.39, 0.29) is 18.2 Å². The number of amides is 1. The number of hydrogen-bond donors (Lipinski definition) is 3. The van der Waals surface area contributed by atoms with Crippen LogP contribution in [0.15, 0.2) is 23.4 Å². The highest BCUT2D eigenvalue weighted by Crippen LogP contribution is 2.27. The molecular formula is C13H19N3O4. The molecule has 1 rings (SSSR count). The summed E-state index contributed by atoms with van der Waals surface area (Å²) in [6, 6.07) is 4.70. The SMILES string of the molecule is COc1ccc(CC(=O)NC(C)/C(N)=N/O)cc1OC. The fraction of sp³-hybridized carbons (Fsp3) is 0.385. The van der Waals surface area contributed by atoms with E-state index >= 15 is 0 Å². The number of nitrogens with one attached hydrogen (secondary N) is 1. The number of carbonyl (C=O) groups excluding carboxylic acids is 1. The van der Waals surface area contributed by atoms with Crippen molar-refractivity contribution < 1.29 is 19.5 Å². The van der Waals surface area contributed by atoms with Gasteiger partial charge in [0.15, 0.2) is 17.3 Å². The number of carbonyl (C=O) groups is 1. The normalized spacial score (nSPS) is 12.7. The number of hydrogen-bond acceptors (Lipinski definition) is 5. The summed E-state index contributed by atoms with van der Waals surface area (Å²) in [5.41, 5.74) is 6.16. The van der Waals surface area contributed by atoms with Crippen LogP contribution in [0.3, 0.4) is 0 Å². The van der Waals surface area contributed by atoms with E-state index in [1.165, 1.54) is 7.11 Å². The minimum absolute atomic E-state index is 0.0503. The van der Waals surface area contributed by atoms with Crippen LogP contribution < -0.4 is 20.5 Å². The summed E-state index contributed by atoms with van der Waals surface area (Å²) >= 11 is 0. The predicted molar refractivity (Wildman–Crippen MR) is 74.3 cm³/mol. The van der Waals surface area contributed by atoms with Crippen molar-refractivity contribution in [1.29, 1.82) is 0 Å². The lowest BCUT2D eigenvalue weighted by atomic mass is 10.1. The first-order valence-electron chi connectivity index (χ1n) is 5.99. The molecule has 110 valence electrons. The second kappa shape index (κ2) is 7.22. The van der Waals surface area contributed by atoms with Crippen LogP contribution in [-0.4, -0.2) is 37.2 Å². The Kier molecular flexibility index (Phi) is 5.64. The van der Waals surface area contributed by atoms with Gasteiger partial charge in [0.1, 0.15) is 0 Å². The minimum atomic E-state index is -0.535. The van der Waals surface area contributed by atoms with Crippen molar-refractivity contribution in [3.63, 3.8) is 0 Å². The molecule has 0 saturated carbocycles. The monoisotopic (exact) mass is 281 g/mol. The summed E-state index contributed by atoms with van der Waals surface area (Å²) in [6.07, 6.45) is 0.156. The molecule has 1 aromatic rings. The van der Waals surface area contributed by atoms with Gasteiger partial charge >= 0.3 is 0 Å². The van der Waals surface area contributed by atoms with Crippen molar-refractivity contribution in [1.82, 2.24) is 5.32 Å². The summed E-state index contributed by atoms with van der Waals surface area (Å²) in [5.74, 6) is 0.867.